The number of ketones is 1. The first-order valence-electron chi connectivity index (χ1n) is 10.7. The molecule has 1 atom stereocenters. The van der Waals surface area contributed by atoms with Crippen molar-refractivity contribution in [2.24, 2.45) is 0 Å². The number of aryl methyl sites for hydroxylation is 2. The maximum Gasteiger partial charge on any atom is 0.295 e. The van der Waals surface area contributed by atoms with E-state index < -0.39 is 17.7 Å². The summed E-state index contributed by atoms with van der Waals surface area (Å²) in [4.78, 5) is 31.9. The first kappa shape index (κ1) is 22.3. The minimum absolute atomic E-state index is 0.0131. The van der Waals surface area contributed by atoms with Crippen molar-refractivity contribution in [3.63, 3.8) is 0 Å². The molecule has 1 aliphatic heterocycles. The molecule has 2 aromatic heterocycles. The van der Waals surface area contributed by atoms with Crippen molar-refractivity contribution in [3.8, 4) is 5.75 Å². The Balaban J connectivity index is 1.85. The van der Waals surface area contributed by atoms with E-state index in [9.17, 15) is 14.7 Å². The van der Waals surface area contributed by atoms with Gasteiger partial charge in [-0.15, -0.1) is 0 Å². The van der Waals surface area contributed by atoms with Crippen molar-refractivity contribution in [3.05, 3.63) is 82.4 Å². The lowest BCUT2D eigenvalue weighted by Crippen LogP contribution is -2.29. The molecule has 2 N–H and O–H groups in total. The van der Waals surface area contributed by atoms with Crippen LogP contribution in [-0.2, 0) is 16.1 Å². The van der Waals surface area contributed by atoms with Crippen LogP contribution in [0.2, 0.25) is 0 Å². The summed E-state index contributed by atoms with van der Waals surface area (Å²) in [6, 6.07) is 10.1. The Morgan fingerprint density at radius 2 is 1.91 bits per heavy atom. The molecule has 0 spiro atoms. The van der Waals surface area contributed by atoms with E-state index in [1.807, 2.05) is 32.0 Å². The number of amides is 1. The lowest BCUT2D eigenvalue weighted by molar-refractivity contribution is -0.140. The average molecular weight is 447 g/mol. The fourth-order valence-corrected chi connectivity index (χ4v) is 4.11. The number of pyridine rings is 1. The molecule has 1 aromatic carbocycles. The van der Waals surface area contributed by atoms with Gasteiger partial charge in [-0.2, -0.15) is 5.10 Å². The van der Waals surface area contributed by atoms with Crippen molar-refractivity contribution in [1.29, 1.82) is 0 Å². The number of carbonyl (C=O) groups is 2. The van der Waals surface area contributed by atoms with Gasteiger partial charge in [-0.25, -0.2) is 0 Å². The average Bonchev–Trinajstić information content (AvgIpc) is 3.25. The molecule has 8 heteroatoms. The zero-order valence-electron chi connectivity index (χ0n) is 19.0. The molecular weight excluding hydrogens is 420 g/mol. The quantitative estimate of drug-likeness (QED) is 0.338. The molecule has 3 aromatic rings. The van der Waals surface area contributed by atoms with E-state index in [0.29, 0.717) is 28.3 Å². The Hall–Kier alpha value is -3.94. The van der Waals surface area contributed by atoms with Gasteiger partial charge < -0.3 is 14.7 Å². The van der Waals surface area contributed by atoms with E-state index in [-0.39, 0.29) is 24.0 Å². The normalized spacial score (nSPS) is 17.7. The van der Waals surface area contributed by atoms with E-state index >= 15 is 0 Å². The summed E-state index contributed by atoms with van der Waals surface area (Å²) in [5.74, 6) is -0.964. The third-order valence-electron chi connectivity index (χ3n) is 5.55. The number of carbonyl (C=O) groups excluding carboxylic acids is 2. The summed E-state index contributed by atoms with van der Waals surface area (Å²) in [7, 11) is 0. The van der Waals surface area contributed by atoms with Gasteiger partial charge in [-0.3, -0.25) is 19.7 Å². The number of nitrogens with one attached hydrogen (secondary N) is 1. The topological polar surface area (TPSA) is 108 Å². The van der Waals surface area contributed by atoms with Crippen molar-refractivity contribution in [2.45, 2.75) is 46.4 Å². The number of Topliss-reactive ketones (excluding diaryl/α,β-unsaturated/α-hetero) is 1. The fraction of sp³-hybridized carbons (Fsp3) is 0.280. The second-order valence-corrected chi connectivity index (χ2v) is 8.33. The molecule has 0 radical (unpaired) electrons. The van der Waals surface area contributed by atoms with Crippen LogP contribution in [0.4, 0.5) is 0 Å². The Morgan fingerprint density at radius 3 is 2.48 bits per heavy atom. The number of aromatic nitrogens is 3. The van der Waals surface area contributed by atoms with Crippen LogP contribution in [0.5, 0.6) is 5.75 Å². The predicted octanol–water partition coefficient (Wildman–Crippen LogP) is 3.83. The molecule has 1 fully saturated rings. The number of H-pyrrole nitrogens is 1. The van der Waals surface area contributed by atoms with E-state index in [0.717, 1.165) is 5.56 Å². The van der Waals surface area contributed by atoms with E-state index in [4.69, 9.17) is 4.74 Å². The van der Waals surface area contributed by atoms with Crippen molar-refractivity contribution < 1.29 is 19.4 Å². The van der Waals surface area contributed by atoms with Crippen LogP contribution in [0.15, 0.2) is 54.4 Å². The predicted molar refractivity (Wildman–Crippen MR) is 122 cm³/mol. The number of hydrogen-bond donors (Lipinski definition) is 2. The minimum Gasteiger partial charge on any atom is -0.507 e. The second kappa shape index (κ2) is 8.90. The van der Waals surface area contributed by atoms with E-state index in [1.165, 1.54) is 4.90 Å². The number of aromatic amines is 1. The molecule has 0 bridgehead atoms. The van der Waals surface area contributed by atoms with Gasteiger partial charge in [0.15, 0.2) is 0 Å². The first-order chi connectivity index (χ1) is 15.8. The van der Waals surface area contributed by atoms with E-state index in [1.54, 1.807) is 44.4 Å². The molecule has 1 unspecified atom stereocenters. The maximum atomic E-state index is 13.2. The van der Waals surface area contributed by atoms with Crippen LogP contribution in [0.3, 0.4) is 0 Å². The van der Waals surface area contributed by atoms with Gasteiger partial charge >= 0.3 is 0 Å². The summed E-state index contributed by atoms with van der Waals surface area (Å²) in [5, 5.41) is 18.2. The Labute approximate surface area is 191 Å². The number of rotatable bonds is 6. The molecule has 1 aliphatic rings. The monoisotopic (exact) mass is 446 g/mol. The van der Waals surface area contributed by atoms with Crippen LogP contribution in [0, 0.1) is 13.8 Å². The van der Waals surface area contributed by atoms with Gasteiger partial charge in [0.1, 0.15) is 11.5 Å². The van der Waals surface area contributed by atoms with Gasteiger partial charge in [0.2, 0.25) is 0 Å². The van der Waals surface area contributed by atoms with Crippen molar-refractivity contribution in [1.82, 2.24) is 20.1 Å². The molecule has 4 rings (SSSR count). The molecule has 1 saturated heterocycles. The number of likely N-dealkylation sites (tertiary alicyclic amines) is 1. The molecule has 8 nitrogen and oxygen atoms in total. The zero-order valence-corrected chi connectivity index (χ0v) is 19.0. The molecule has 170 valence electrons. The highest BCUT2D eigenvalue weighted by molar-refractivity contribution is 6.46. The van der Waals surface area contributed by atoms with Crippen molar-refractivity contribution >= 4 is 17.4 Å². The van der Waals surface area contributed by atoms with Gasteiger partial charge in [-0.1, -0.05) is 18.2 Å². The van der Waals surface area contributed by atoms with Crippen LogP contribution < -0.4 is 4.74 Å². The van der Waals surface area contributed by atoms with Crippen LogP contribution in [0.25, 0.3) is 5.76 Å². The van der Waals surface area contributed by atoms with Crippen LogP contribution in [-0.4, -0.2) is 43.0 Å². The number of ether oxygens (including phenoxy) is 1. The number of aliphatic hydroxyl groups excluding tert-OH is 1. The highest BCUT2D eigenvalue weighted by Crippen LogP contribution is 2.41. The summed E-state index contributed by atoms with van der Waals surface area (Å²) < 4.78 is 5.73. The highest BCUT2D eigenvalue weighted by atomic mass is 16.5. The summed E-state index contributed by atoms with van der Waals surface area (Å²) >= 11 is 0. The Morgan fingerprint density at radius 1 is 1.18 bits per heavy atom. The summed E-state index contributed by atoms with van der Waals surface area (Å²) in [5.41, 5.74) is 3.09. The molecular formula is C25H26N4O4. The number of benzene rings is 1. The third-order valence-corrected chi connectivity index (χ3v) is 5.55. The van der Waals surface area contributed by atoms with Crippen LogP contribution >= 0.6 is 0 Å². The molecule has 0 aliphatic carbocycles. The smallest absolute Gasteiger partial charge is 0.295 e. The minimum atomic E-state index is -0.771. The summed E-state index contributed by atoms with van der Waals surface area (Å²) in [6.07, 6.45) is 3.31. The zero-order chi connectivity index (χ0) is 23.7. The Kier molecular flexibility index (Phi) is 6.00. The maximum absolute atomic E-state index is 13.2. The van der Waals surface area contributed by atoms with Crippen molar-refractivity contribution in [2.75, 3.05) is 0 Å². The molecule has 3 heterocycles. The van der Waals surface area contributed by atoms with Crippen LogP contribution in [0.1, 0.15) is 48.0 Å². The molecule has 1 amide bonds. The standard InChI is InChI=1S/C25H26N4O4/c1-14(2)33-19-9-7-18(8-10-19)22-21(23(30)20-15(3)27-28-16(20)4)24(31)25(32)29(22)13-17-6-5-11-26-12-17/h5-12,14,22,30H,13H2,1-4H3,(H,27,28). The third kappa shape index (κ3) is 4.24. The first-order valence-corrected chi connectivity index (χ1v) is 10.7. The van der Waals surface area contributed by atoms with Gasteiger partial charge in [0.05, 0.1) is 29.0 Å². The number of nitrogens with zero attached hydrogens (tertiary/aromatic N) is 3. The Bertz CT molecular complexity index is 1190. The number of hydrogen-bond acceptors (Lipinski definition) is 6. The largest absolute Gasteiger partial charge is 0.507 e. The van der Waals surface area contributed by atoms with Gasteiger partial charge in [0.25, 0.3) is 11.7 Å². The SMILES string of the molecule is Cc1n[nH]c(C)c1C(O)=C1C(=O)C(=O)N(Cc2cccnc2)C1c1ccc(OC(C)C)cc1. The lowest BCUT2D eigenvalue weighted by atomic mass is 9.94. The molecule has 33 heavy (non-hydrogen) atoms. The lowest BCUT2D eigenvalue weighted by Gasteiger charge is -2.25. The fourth-order valence-electron chi connectivity index (χ4n) is 4.11. The molecule has 0 saturated carbocycles. The summed E-state index contributed by atoms with van der Waals surface area (Å²) in [6.45, 7) is 7.54. The second-order valence-electron chi connectivity index (χ2n) is 8.33. The highest BCUT2D eigenvalue weighted by Gasteiger charge is 2.46. The van der Waals surface area contributed by atoms with E-state index in [2.05, 4.69) is 15.2 Å². The number of aliphatic hydroxyl groups is 1. The van der Waals surface area contributed by atoms with Gasteiger partial charge in [-0.05, 0) is 57.0 Å². The van der Waals surface area contributed by atoms with Gasteiger partial charge in [0, 0.05) is 24.6 Å².